The molecule has 2 aliphatic carbocycles. The van der Waals surface area contributed by atoms with E-state index in [0.29, 0.717) is 0 Å². The zero-order chi connectivity index (χ0) is 17.4. The first-order chi connectivity index (χ1) is 12.1. The van der Waals surface area contributed by atoms with Gasteiger partial charge in [-0.25, -0.2) is 0 Å². The van der Waals surface area contributed by atoms with Gasteiger partial charge in [0.2, 0.25) is 5.91 Å². The van der Waals surface area contributed by atoms with Crippen LogP contribution >= 0.6 is 0 Å². The quantitative estimate of drug-likeness (QED) is 0.875. The van der Waals surface area contributed by atoms with Gasteiger partial charge in [0.1, 0.15) is 0 Å². The fourth-order valence-corrected chi connectivity index (χ4v) is 4.59. The van der Waals surface area contributed by atoms with Crippen molar-refractivity contribution in [1.82, 2.24) is 4.90 Å². The second kappa shape index (κ2) is 6.30. The van der Waals surface area contributed by atoms with Gasteiger partial charge in [-0.15, -0.1) is 0 Å². The molecular weight excluding hydrogens is 308 g/mol. The molecule has 2 aromatic rings. The lowest BCUT2D eigenvalue weighted by Crippen LogP contribution is -2.42. The third kappa shape index (κ3) is 2.49. The molecule has 2 aromatic carbocycles. The van der Waals surface area contributed by atoms with Crippen molar-refractivity contribution in [3.63, 3.8) is 0 Å². The molecule has 0 aliphatic heterocycles. The first kappa shape index (κ1) is 16.3. The van der Waals surface area contributed by atoms with Crippen LogP contribution in [-0.2, 0) is 10.2 Å². The maximum absolute atomic E-state index is 12.7. The number of carbonyl (C=O) groups excluding carboxylic acids is 1. The first-order valence-corrected chi connectivity index (χ1v) is 9.34. The van der Waals surface area contributed by atoms with Crippen LogP contribution in [0.1, 0.15) is 43.2 Å². The molecule has 0 unspecified atom stereocenters. The van der Waals surface area contributed by atoms with Gasteiger partial charge >= 0.3 is 0 Å². The molecular formula is C22H26N2O. The summed E-state index contributed by atoms with van der Waals surface area (Å²) in [5, 5.41) is 0. The van der Waals surface area contributed by atoms with Crippen LogP contribution in [0.5, 0.6) is 0 Å². The predicted molar refractivity (Wildman–Crippen MR) is 101 cm³/mol. The van der Waals surface area contributed by atoms with Gasteiger partial charge in [0.05, 0.1) is 5.41 Å². The van der Waals surface area contributed by atoms with Crippen molar-refractivity contribution < 1.29 is 4.79 Å². The fourth-order valence-electron chi connectivity index (χ4n) is 4.59. The van der Waals surface area contributed by atoms with Gasteiger partial charge in [-0.05, 0) is 61.5 Å². The van der Waals surface area contributed by atoms with Crippen molar-refractivity contribution in [2.75, 3.05) is 13.6 Å². The lowest BCUT2D eigenvalue weighted by Gasteiger charge is -2.36. The minimum absolute atomic E-state index is 0.226. The second-order valence-corrected chi connectivity index (χ2v) is 7.53. The zero-order valence-corrected chi connectivity index (χ0v) is 14.9. The normalized spacial score (nSPS) is 17.8. The molecule has 3 nitrogen and oxygen atoms in total. The molecule has 2 aliphatic rings. The Morgan fingerprint density at radius 3 is 2.12 bits per heavy atom. The van der Waals surface area contributed by atoms with Gasteiger partial charge in [0, 0.05) is 6.04 Å². The SMILES string of the molecule is CN(CCCC1(C(N)=O)c2ccccc2-c2ccccc21)C1CCC1. The summed E-state index contributed by atoms with van der Waals surface area (Å²) in [6.45, 7) is 1.02. The van der Waals surface area contributed by atoms with Crippen molar-refractivity contribution in [2.45, 2.75) is 43.6 Å². The Bertz CT molecular complexity index is 749. The number of nitrogens with zero attached hydrogens (tertiary/aromatic N) is 1. The molecule has 130 valence electrons. The van der Waals surface area contributed by atoms with E-state index in [1.54, 1.807) is 0 Å². The average molecular weight is 334 g/mol. The first-order valence-electron chi connectivity index (χ1n) is 9.34. The maximum Gasteiger partial charge on any atom is 0.232 e. The predicted octanol–water partition coefficient (Wildman–Crippen LogP) is 3.70. The molecule has 0 aromatic heterocycles. The molecule has 0 atom stereocenters. The Labute approximate surface area is 149 Å². The van der Waals surface area contributed by atoms with Crippen molar-refractivity contribution in [1.29, 1.82) is 0 Å². The van der Waals surface area contributed by atoms with E-state index in [-0.39, 0.29) is 5.91 Å². The molecule has 1 saturated carbocycles. The van der Waals surface area contributed by atoms with Crippen molar-refractivity contribution >= 4 is 5.91 Å². The molecule has 25 heavy (non-hydrogen) atoms. The standard InChI is InChI=1S/C22H26N2O/c1-24(16-8-6-9-16)15-7-14-22(21(23)25)19-12-4-2-10-17(19)18-11-3-5-13-20(18)22/h2-5,10-13,16H,6-9,14-15H2,1H3,(H2,23,25). The maximum atomic E-state index is 12.7. The molecule has 0 bridgehead atoms. The summed E-state index contributed by atoms with van der Waals surface area (Å²) in [5.41, 5.74) is 9.81. The number of carbonyl (C=O) groups is 1. The summed E-state index contributed by atoms with van der Waals surface area (Å²) < 4.78 is 0. The lowest BCUT2D eigenvalue weighted by atomic mass is 9.74. The van der Waals surface area contributed by atoms with Gasteiger partial charge in [0.25, 0.3) is 0 Å². The highest BCUT2D eigenvalue weighted by Crippen LogP contribution is 2.51. The molecule has 0 radical (unpaired) electrons. The van der Waals surface area contributed by atoms with Gasteiger partial charge in [-0.3, -0.25) is 4.79 Å². The van der Waals surface area contributed by atoms with Gasteiger partial charge in [-0.1, -0.05) is 55.0 Å². The van der Waals surface area contributed by atoms with E-state index in [1.165, 1.54) is 19.3 Å². The van der Waals surface area contributed by atoms with Gasteiger partial charge < -0.3 is 10.6 Å². The number of primary amides is 1. The molecule has 0 heterocycles. The van der Waals surface area contributed by atoms with E-state index in [0.717, 1.165) is 47.7 Å². The summed E-state index contributed by atoms with van der Waals surface area (Å²) in [7, 11) is 2.21. The second-order valence-electron chi connectivity index (χ2n) is 7.53. The van der Waals surface area contributed by atoms with Crippen LogP contribution < -0.4 is 5.73 Å². The molecule has 4 rings (SSSR count). The Kier molecular flexibility index (Phi) is 4.12. The van der Waals surface area contributed by atoms with E-state index in [9.17, 15) is 4.79 Å². The number of rotatable bonds is 6. The van der Waals surface area contributed by atoms with Crippen LogP contribution in [0.2, 0.25) is 0 Å². The minimum Gasteiger partial charge on any atom is -0.369 e. The average Bonchev–Trinajstić information content (AvgIpc) is 2.85. The summed E-state index contributed by atoms with van der Waals surface area (Å²) in [5.74, 6) is -0.226. The number of nitrogens with two attached hydrogens (primary N) is 1. The van der Waals surface area contributed by atoms with Crippen molar-refractivity contribution in [3.8, 4) is 11.1 Å². The van der Waals surface area contributed by atoms with E-state index in [1.807, 2.05) is 24.3 Å². The summed E-state index contributed by atoms with van der Waals surface area (Å²) in [4.78, 5) is 15.2. The number of benzene rings is 2. The highest BCUT2D eigenvalue weighted by atomic mass is 16.1. The number of fused-ring (bicyclic) bond motifs is 3. The number of amides is 1. The van der Waals surface area contributed by atoms with E-state index in [2.05, 4.69) is 36.2 Å². The Morgan fingerprint density at radius 2 is 1.64 bits per heavy atom. The highest BCUT2D eigenvalue weighted by molar-refractivity contribution is 5.99. The Hall–Kier alpha value is -2.13. The van der Waals surface area contributed by atoms with Crippen LogP contribution in [0.4, 0.5) is 0 Å². The molecule has 0 saturated heterocycles. The zero-order valence-electron chi connectivity index (χ0n) is 14.9. The fraction of sp³-hybridized carbons (Fsp3) is 0.409. The molecule has 3 heteroatoms. The van der Waals surface area contributed by atoms with Crippen LogP contribution in [0, 0.1) is 0 Å². The van der Waals surface area contributed by atoms with E-state index >= 15 is 0 Å². The van der Waals surface area contributed by atoms with E-state index < -0.39 is 5.41 Å². The van der Waals surface area contributed by atoms with Crippen molar-refractivity contribution in [3.05, 3.63) is 59.7 Å². The third-order valence-corrected chi connectivity index (χ3v) is 6.25. The molecule has 1 amide bonds. The van der Waals surface area contributed by atoms with Crippen molar-refractivity contribution in [2.24, 2.45) is 5.73 Å². The summed E-state index contributed by atoms with van der Waals surface area (Å²) in [6, 6.07) is 17.2. The minimum atomic E-state index is -0.687. The molecule has 0 spiro atoms. The van der Waals surface area contributed by atoms with Gasteiger partial charge in [0.15, 0.2) is 0 Å². The Balaban J connectivity index is 1.66. The van der Waals surface area contributed by atoms with Gasteiger partial charge in [-0.2, -0.15) is 0 Å². The van der Waals surface area contributed by atoms with Crippen LogP contribution in [-0.4, -0.2) is 30.4 Å². The largest absolute Gasteiger partial charge is 0.369 e. The monoisotopic (exact) mass is 334 g/mol. The highest BCUT2D eigenvalue weighted by Gasteiger charge is 2.47. The Morgan fingerprint density at radius 1 is 1.08 bits per heavy atom. The topological polar surface area (TPSA) is 46.3 Å². The van der Waals surface area contributed by atoms with Crippen LogP contribution in [0.25, 0.3) is 11.1 Å². The molecule has 2 N–H and O–H groups in total. The summed E-state index contributed by atoms with van der Waals surface area (Å²) >= 11 is 0. The number of hydrogen-bond donors (Lipinski definition) is 1. The lowest BCUT2D eigenvalue weighted by molar-refractivity contribution is -0.122. The van der Waals surface area contributed by atoms with Crippen LogP contribution in [0.15, 0.2) is 48.5 Å². The van der Waals surface area contributed by atoms with E-state index in [4.69, 9.17) is 5.73 Å². The third-order valence-electron chi connectivity index (χ3n) is 6.25. The molecule has 1 fully saturated rings. The number of hydrogen-bond acceptors (Lipinski definition) is 2. The summed E-state index contributed by atoms with van der Waals surface area (Å²) in [6.07, 6.45) is 5.71. The smallest absolute Gasteiger partial charge is 0.232 e. The van der Waals surface area contributed by atoms with Crippen LogP contribution in [0.3, 0.4) is 0 Å².